The number of hydrogen-bond acceptors (Lipinski definition) is 5. The molecule has 1 aliphatic rings. The molecule has 0 N–H and O–H groups in total. The van der Waals surface area contributed by atoms with Crippen molar-refractivity contribution in [2.45, 2.75) is 30.2 Å². The standard InChI is InChI=1S/C26H18ClF3N4O2S/c1-15(35)33-21-9-5-3-7-19(21)22-23(36)31-25(37-14-17-6-2-4-8-20(17)27)32-34(22)24(33)16-10-12-18(13-11-16)26(28,29)30/h2-13,24H,14H2,1H3. The predicted molar refractivity (Wildman–Crippen MR) is 131 cm³/mol. The monoisotopic (exact) mass is 542 g/mol. The fraction of sp³-hybridized carbons (Fsp3) is 0.154. The van der Waals surface area contributed by atoms with E-state index in [9.17, 15) is 23.1 Å². The summed E-state index contributed by atoms with van der Waals surface area (Å²) in [5.41, 5.74) is 1.38. The lowest BCUT2D eigenvalue weighted by Gasteiger charge is -2.33. The maximum absolute atomic E-state index is 13.3. The number of para-hydroxylation sites is 1. The molecule has 6 nitrogen and oxygen atoms in total. The second kappa shape index (κ2) is 9.68. The molecule has 188 valence electrons. The Morgan fingerprint density at radius 2 is 1.76 bits per heavy atom. The van der Waals surface area contributed by atoms with Crippen LogP contribution >= 0.6 is 23.4 Å². The van der Waals surface area contributed by atoms with E-state index >= 15 is 0 Å². The average molecular weight is 543 g/mol. The number of aromatic nitrogens is 3. The van der Waals surface area contributed by atoms with Crippen LogP contribution in [0.15, 0.2) is 78.0 Å². The molecule has 1 unspecified atom stereocenters. The van der Waals surface area contributed by atoms with Crippen molar-refractivity contribution in [1.29, 1.82) is 0 Å². The third kappa shape index (κ3) is 4.74. The van der Waals surface area contributed by atoms with Gasteiger partial charge < -0.3 is 5.11 Å². The van der Waals surface area contributed by atoms with Crippen LogP contribution < -0.4 is 14.7 Å². The first-order valence-corrected chi connectivity index (χ1v) is 12.4. The van der Waals surface area contributed by atoms with Crippen molar-refractivity contribution in [3.8, 4) is 17.1 Å². The van der Waals surface area contributed by atoms with E-state index in [0.717, 1.165) is 17.7 Å². The van der Waals surface area contributed by atoms with Gasteiger partial charge in [0.15, 0.2) is 0 Å². The molecule has 0 saturated carbocycles. The van der Waals surface area contributed by atoms with Gasteiger partial charge in [0, 0.05) is 28.4 Å². The van der Waals surface area contributed by atoms with Crippen LogP contribution in [0.2, 0.25) is 5.02 Å². The number of carbonyl (C=O) groups is 1. The molecule has 1 aromatic heterocycles. The van der Waals surface area contributed by atoms with Gasteiger partial charge in [-0.3, -0.25) is 4.79 Å². The Kier molecular flexibility index (Phi) is 6.55. The van der Waals surface area contributed by atoms with Gasteiger partial charge >= 0.3 is 6.18 Å². The molecule has 37 heavy (non-hydrogen) atoms. The minimum atomic E-state index is -4.52. The van der Waals surface area contributed by atoms with Crippen LogP contribution in [0.5, 0.6) is 5.88 Å². The van der Waals surface area contributed by atoms with Crippen molar-refractivity contribution in [2.24, 2.45) is 0 Å². The van der Waals surface area contributed by atoms with E-state index in [4.69, 9.17) is 11.6 Å². The normalized spacial score (nSPS) is 14.7. The summed E-state index contributed by atoms with van der Waals surface area (Å²) in [7, 11) is 0. The molecule has 0 bridgehead atoms. The summed E-state index contributed by atoms with van der Waals surface area (Å²) in [5, 5.41) is 18.6. The molecule has 1 aliphatic heterocycles. The maximum Gasteiger partial charge on any atom is 0.416 e. The molecule has 1 amide bonds. The van der Waals surface area contributed by atoms with Gasteiger partial charge in [0.1, 0.15) is 0 Å². The summed E-state index contributed by atoms with van der Waals surface area (Å²) >= 11 is 7.44. The Bertz CT molecular complexity index is 1500. The van der Waals surface area contributed by atoms with E-state index in [-0.39, 0.29) is 16.8 Å². The first kappa shape index (κ1) is 25.0. The molecule has 11 heteroatoms. The lowest BCUT2D eigenvalue weighted by Crippen LogP contribution is -2.58. The van der Waals surface area contributed by atoms with Gasteiger partial charge in [-0.05, 0) is 48.0 Å². The largest absolute Gasteiger partial charge is 0.854 e. The third-order valence-corrected chi connectivity index (χ3v) is 7.16. The quantitative estimate of drug-likeness (QED) is 0.256. The molecule has 3 aromatic carbocycles. The summed E-state index contributed by atoms with van der Waals surface area (Å²) in [6.45, 7) is 1.35. The highest BCUT2D eigenvalue weighted by Gasteiger charge is 2.44. The molecule has 1 atom stereocenters. The zero-order valence-electron chi connectivity index (χ0n) is 19.2. The van der Waals surface area contributed by atoms with Crippen LogP contribution in [0.25, 0.3) is 11.3 Å². The van der Waals surface area contributed by atoms with Gasteiger partial charge in [0.25, 0.3) is 17.0 Å². The molecule has 2 heterocycles. The Morgan fingerprint density at radius 3 is 2.43 bits per heavy atom. The summed E-state index contributed by atoms with van der Waals surface area (Å²) in [6, 6.07) is 18.5. The molecule has 5 rings (SSSR count). The van der Waals surface area contributed by atoms with E-state index in [1.54, 1.807) is 36.4 Å². The van der Waals surface area contributed by atoms with Crippen LogP contribution in [0.3, 0.4) is 0 Å². The summed E-state index contributed by atoms with van der Waals surface area (Å²) < 4.78 is 41.0. The van der Waals surface area contributed by atoms with Gasteiger partial charge in [-0.2, -0.15) is 13.2 Å². The predicted octanol–water partition coefficient (Wildman–Crippen LogP) is 5.38. The van der Waals surface area contributed by atoms with Crippen molar-refractivity contribution in [1.82, 2.24) is 10.1 Å². The minimum Gasteiger partial charge on any atom is -0.854 e. The van der Waals surface area contributed by atoms with Crippen molar-refractivity contribution in [3.05, 3.63) is 94.5 Å². The molecular formula is C26H18ClF3N4O2S. The molecule has 4 aromatic rings. The van der Waals surface area contributed by atoms with Gasteiger partial charge in [-0.15, -0.1) is 0 Å². The van der Waals surface area contributed by atoms with E-state index in [0.29, 0.717) is 27.6 Å². The van der Waals surface area contributed by atoms with E-state index < -0.39 is 23.8 Å². The number of amides is 1. The molecule has 0 spiro atoms. The zero-order chi connectivity index (χ0) is 26.3. The zero-order valence-corrected chi connectivity index (χ0v) is 20.8. The average Bonchev–Trinajstić information content (AvgIpc) is 2.86. The van der Waals surface area contributed by atoms with E-state index in [1.165, 1.54) is 40.4 Å². The Balaban J connectivity index is 1.66. The first-order valence-electron chi connectivity index (χ1n) is 11.1. The minimum absolute atomic E-state index is 0.139. The topological polar surface area (TPSA) is 73.0 Å². The summed E-state index contributed by atoms with van der Waals surface area (Å²) in [5.74, 6) is -0.549. The van der Waals surface area contributed by atoms with Crippen molar-refractivity contribution in [2.75, 3.05) is 4.90 Å². The smallest absolute Gasteiger partial charge is 0.416 e. The molecule has 0 saturated heterocycles. The lowest BCUT2D eigenvalue weighted by atomic mass is 10.0. The number of benzene rings is 3. The van der Waals surface area contributed by atoms with E-state index in [2.05, 4.69) is 10.1 Å². The number of alkyl halides is 3. The summed E-state index contributed by atoms with van der Waals surface area (Å²) in [6.07, 6.45) is -5.52. The SMILES string of the molecule is CC(=O)N1c2ccccc2-c2c([O-])nc(SCc3ccccc3Cl)n[n+]2C1c1ccc(C(F)(F)F)cc1. The van der Waals surface area contributed by atoms with Crippen LogP contribution in [0.1, 0.15) is 29.8 Å². The number of fused-ring (bicyclic) bond motifs is 3. The van der Waals surface area contributed by atoms with Crippen LogP contribution in [0, 0.1) is 0 Å². The van der Waals surface area contributed by atoms with E-state index in [1.807, 2.05) is 12.1 Å². The third-order valence-electron chi connectivity index (χ3n) is 5.91. The first-order chi connectivity index (χ1) is 17.6. The highest BCUT2D eigenvalue weighted by Crippen LogP contribution is 2.41. The van der Waals surface area contributed by atoms with Crippen molar-refractivity contribution < 1.29 is 27.8 Å². The Morgan fingerprint density at radius 1 is 1.08 bits per heavy atom. The maximum atomic E-state index is 13.3. The van der Waals surface area contributed by atoms with Crippen LogP contribution in [-0.2, 0) is 16.7 Å². The molecule has 0 radical (unpaired) electrons. The number of carbonyl (C=O) groups excluding carboxylic acids is 1. The van der Waals surface area contributed by atoms with Gasteiger partial charge in [-0.25, -0.2) is 9.88 Å². The number of rotatable bonds is 4. The van der Waals surface area contributed by atoms with Gasteiger partial charge in [0.2, 0.25) is 5.91 Å². The fourth-order valence-electron chi connectivity index (χ4n) is 4.24. The van der Waals surface area contributed by atoms with Crippen molar-refractivity contribution >= 4 is 35.0 Å². The van der Waals surface area contributed by atoms with Crippen LogP contribution in [-0.4, -0.2) is 16.0 Å². The molecule has 0 aliphatic carbocycles. The summed E-state index contributed by atoms with van der Waals surface area (Å²) in [4.78, 5) is 18.5. The van der Waals surface area contributed by atoms with Gasteiger partial charge in [-0.1, -0.05) is 58.4 Å². The Labute approximate surface area is 219 Å². The number of anilines is 1. The Hall–Kier alpha value is -3.63. The number of thioether (sulfide) groups is 1. The van der Waals surface area contributed by atoms with Crippen molar-refractivity contribution in [3.63, 3.8) is 0 Å². The molecule has 0 fully saturated rings. The second-order valence-corrected chi connectivity index (χ2v) is 9.62. The van der Waals surface area contributed by atoms with Gasteiger partial charge in [0.05, 0.1) is 22.7 Å². The molecular weight excluding hydrogens is 525 g/mol. The highest BCUT2D eigenvalue weighted by atomic mass is 35.5. The fourth-order valence-corrected chi connectivity index (χ4v) is 5.35. The lowest BCUT2D eigenvalue weighted by molar-refractivity contribution is -0.764. The number of nitrogens with zero attached hydrogens (tertiary/aromatic N) is 4. The second-order valence-electron chi connectivity index (χ2n) is 8.27. The van der Waals surface area contributed by atoms with Crippen LogP contribution in [0.4, 0.5) is 18.9 Å². The number of hydrogen-bond donors (Lipinski definition) is 0. The highest BCUT2D eigenvalue weighted by molar-refractivity contribution is 7.98. The number of halogens is 4.